The molecule has 0 bridgehead atoms. The highest BCUT2D eigenvalue weighted by molar-refractivity contribution is 6.29. The number of aromatic nitrogens is 4. The van der Waals surface area contributed by atoms with Crippen LogP contribution < -0.4 is 16.6 Å². The third-order valence-corrected chi connectivity index (χ3v) is 5.58. The summed E-state index contributed by atoms with van der Waals surface area (Å²) in [6.07, 6.45) is 7.41. The van der Waals surface area contributed by atoms with Crippen LogP contribution in [0, 0.1) is 11.8 Å². The van der Waals surface area contributed by atoms with Crippen LogP contribution in [0.2, 0.25) is 5.15 Å². The molecule has 3 rings (SSSR count). The average molecular weight is 429 g/mol. The third-order valence-electron chi connectivity index (χ3n) is 5.39. The SMILES string of the molecule is CC1CCC([C@H](N)C(=O)Nc2cnn(C(C)c3cc(Cl)n[nH]c3=O)c2)CC1.Cl. The zero-order chi connectivity index (χ0) is 19.6. The van der Waals surface area contributed by atoms with Crippen LogP contribution in [0.3, 0.4) is 0 Å². The van der Waals surface area contributed by atoms with Crippen molar-refractivity contribution in [2.24, 2.45) is 17.6 Å². The first-order valence-electron chi connectivity index (χ1n) is 9.21. The molecule has 0 aromatic carbocycles. The Morgan fingerprint density at radius 3 is 2.75 bits per heavy atom. The minimum absolute atomic E-state index is 0. The molecule has 2 aromatic rings. The van der Waals surface area contributed by atoms with Gasteiger partial charge in [0.15, 0.2) is 0 Å². The van der Waals surface area contributed by atoms with Gasteiger partial charge >= 0.3 is 0 Å². The molecule has 8 nitrogen and oxygen atoms in total. The van der Waals surface area contributed by atoms with E-state index in [0.717, 1.165) is 25.7 Å². The maximum absolute atomic E-state index is 12.5. The lowest BCUT2D eigenvalue weighted by Crippen LogP contribution is -2.43. The van der Waals surface area contributed by atoms with Crippen LogP contribution >= 0.6 is 24.0 Å². The quantitative estimate of drug-likeness (QED) is 0.676. The Labute approximate surface area is 174 Å². The van der Waals surface area contributed by atoms with Crippen molar-refractivity contribution in [3.8, 4) is 0 Å². The van der Waals surface area contributed by atoms with E-state index in [0.29, 0.717) is 17.2 Å². The van der Waals surface area contributed by atoms with Gasteiger partial charge in [-0.25, -0.2) is 5.10 Å². The van der Waals surface area contributed by atoms with Gasteiger partial charge in [0.2, 0.25) is 5.91 Å². The molecule has 154 valence electrons. The summed E-state index contributed by atoms with van der Waals surface area (Å²) < 4.78 is 1.59. The molecule has 1 aliphatic carbocycles. The number of nitrogens with two attached hydrogens (primary N) is 1. The predicted molar refractivity (Wildman–Crippen MR) is 111 cm³/mol. The lowest BCUT2D eigenvalue weighted by molar-refractivity contribution is -0.118. The summed E-state index contributed by atoms with van der Waals surface area (Å²) >= 11 is 5.86. The van der Waals surface area contributed by atoms with Gasteiger partial charge in [-0.3, -0.25) is 14.3 Å². The first kappa shape index (κ1) is 22.4. The number of H-pyrrole nitrogens is 1. The van der Waals surface area contributed by atoms with Crippen molar-refractivity contribution in [3.05, 3.63) is 39.5 Å². The van der Waals surface area contributed by atoms with E-state index < -0.39 is 6.04 Å². The monoisotopic (exact) mass is 428 g/mol. The minimum Gasteiger partial charge on any atom is -0.322 e. The summed E-state index contributed by atoms with van der Waals surface area (Å²) in [5, 5.41) is 13.3. The Morgan fingerprint density at radius 1 is 1.39 bits per heavy atom. The lowest BCUT2D eigenvalue weighted by atomic mass is 9.79. The zero-order valence-electron chi connectivity index (χ0n) is 15.9. The second kappa shape index (κ2) is 9.54. The van der Waals surface area contributed by atoms with Crippen LogP contribution in [-0.2, 0) is 4.79 Å². The van der Waals surface area contributed by atoms with Gasteiger partial charge in [0.1, 0.15) is 5.15 Å². The average Bonchev–Trinajstić information content (AvgIpc) is 3.11. The molecule has 1 aliphatic rings. The molecule has 0 saturated heterocycles. The second-order valence-electron chi connectivity index (χ2n) is 7.40. The van der Waals surface area contributed by atoms with Crippen LogP contribution in [0.15, 0.2) is 23.3 Å². The van der Waals surface area contributed by atoms with E-state index in [-0.39, 0.29) is 41.0 Å². The maximum Gasteiger partial charge on any atom is 0.269 e. The molecular weight excluding hydrogens is 403 g/mol. The van der Waals surface area contributed by atoms with Crippen LogP contribution in [0.4, 0.5) is 5.69 Å². The van der Waals surface area contributed by atoms with Gasteiger partial charge in [-0.15, -0.1) is 12.4 Å². The van der Waals surface area contributed by atoms with Crippen molar-refractivity contribution < 1.29 is 4.79 Å². The topological polar surface area (TPSA) is 119 Å². The number of rotatable bonds is 5. The van der Waals surface area contributed by atoms with Crippen molar-refractivity contribution in [2.75, 3.05) is 5.32 Å². The molecule has 1 amide bonds. The Hall–Kier alpha value is -1.90. The van der Waals surface area contributed by atoms with Crippen molar-refractivity contribution in [1.82, 2.24) is 20.0 Å². The van der Waals surface area contributed by atoms with Gasteiger partial charge in [-0.1, -0.05) is 31.4 Å². The fourth-order valence-corrected chi connectivity index (χ4v) is 3.71. The molecule has 1 saturated carbocycles. The van der Waals surface area contributed by atoms with Crippen molar-refractivity contribution in [3.63, 3.8) is 0 Å². The molecular formula is C18H26Cl2N6O2. The summed E-state index contributed by atoms with van der Waals surface area (Å²) in [5.74, 6) is 0.723. The fourth-order valence-electron chi connectivity index (χ4n) is 3.55. The summed E-state index contributed by atoms with van der Waals surface area (Å²) in [5.41, 5.74) is 6.82. The van der Waals surface area contributed by atoms with E-state index in [1.807, 2.05) is 6.92 Å². The van der Waals surface area contributed by atoms with Crippen molar-refractivity contribution >= 4 is 35.6 Å². The van der Waals surface area contributed by atoms with Gasteiger partial charge in [0, 0.05) is 11.8 Å². The molecule has 2 aromatic heterocycles. The van der Waals surface area contributed by atoms with Crippen LogP contribution in [0.5, 0.6) is 0 Å². The zero-order valence-corrected chi connectivity index (χ0v) is 17.5. The van der Waals surface area contributed by atoms with Crippen molar-refractivity contribution in [1.29, 1.82) is 0 Å². The third kappa shape index (κ3) is 5.12. The van der Waals surface area contributed by atoms with Gasteiger partial charge in [-0.2, -0.15) is 10.2 Å². The van der Waals surface area contributed by atoms with Gasteiger partial charge < -0.3 is 11.1 Å². The van der Waals surface area contributed by atoms with E-state index in [1.165, 1.54) is 6.07 Å². The maximum atomic E-state index is 12.5. The van der Waals surface area contributed by atoms with Gasteiger partial charge in [0.25, 0.3) is 5.56 Å². The molecule has 0 spiro atoms. The van der Waals surface area contributed by atoms with Gasteiger partial charge in [0.05, 0.1) is 24.0 Å². The summed E-state index contributed by atoms with van der Waals surface area (Å²) in [4.78, 5) is 24.4. The van der Waals surface area contributed by atoms with Crippen LogP contribution in [0.1, 0.15) is 51.1 Å². The second-order valence-corrected chi connectivity index (χ2v) is 7.78. The molecule has 2 heterocycles. The van der Waals surface area contributed by atoms with E-state index in [9.17, 15) is 9.59 Å². The predicted octanol–water partition coefficient (Wildman–Crippen LogP) is 2.74. The molecule has 2 atom stereocenters. The first-order chi connectivity index (χ1) is 12.8. The largest absolute Gasteiger partial charge is 0.322 e. The summed E-state index contributed by atoms with van der Waals surface area (Å²) in [7, 11) is 0. The minimum atomic E-state index is -0.528. The Bertz CT molecular complexity index is 860. The molecule has 4 N–H and O–H groups in total. The summed E-state index contributed by atoms with van der Waals surface area (Å²) in [6.45, 7) is 4.05. The Kier molecular flexibility index (Phi) is 7.63. The molecule has 0 aliphatic heterocycles. The molecule has 1 unspecified atom stereocenters. The highest BCUT2D eigenvalue weighted by atomic mass is 35.5. The van der Waals surface area contributed by atoms with E-state index >= 15 is 0 Å². The van der Waals surface area contributed by atoms with Crippen molar-refractivity contribution in [2.45, 2.75) is 51.6 Å². The van der Waals surface area contributed by atoms with E-state index in [2.05, 4.69) is 27.5 Å². The van der Waals surface area contributed by atoms with E-state index in [4.69, 9.17) is 17.3 Å². The van der Waals surface area contributed by atoms with Crippen LogP contribution in [0.25, 0.3) is 0 Å². The number of aromatic amines is 1. The highest BCUT2D eigenvalue weighted by Gasteiger charge is 2.28. The number of anilines is 1. The number of carbonyl (C=O) groups excluding carboxylic acids is 1. The standard InChI is InChI=1S/C18H25ClN6O2.ClH/c1-10-3-5-12(6-4-10)16(20)18(27)22-13-8-21-25(9-13)11(2)14-7-15(19)23-24-17(14)26;/h7-12,16H,3-6,20H2,1-2H3,(H,22,27)(H,24,26);1H/t10?,11?,12?,16-;/m0./s1. The fraction of sp³-hybridized carbons (Fsp3) is 0.556. The highest BCUT2D eigenvalue weighted by Crippen LogP contribution is 2.30. The Morgan fingerprint density at radius 2 is 2.07 bits per heavy atom. The molecule has 10 heteroatoms. The number of halogens is 2. The van der Waals surface area contributed by atoms with Gasteiger partial charge in [-0.05, 0) is 37.7 Å². The molecule has 0 radical (unpaired) electrons. The molecule has 28 heavy (non-hydrogen) atoms. The number of amides is 1. The lowest BCUT2D eigenvalue weighted by Gasteiger charge is -2.29. The number of hydrogen-bond acceptors (Lipinski definition) is 5. The number of nitrogens with zero attached hydrogens (tertiary/aromatic N) is 3. The smallest absolute Gasteiger partial charge is 0.269 e. The summed E-state index contributed by atoms with van der Waals surface area (Å²) in [6, 6.07) is 0.610. The number of nitrogens with one attached hydrogen (secondary N) is 2. The first-order valence-corrected chi connectivity index (χ1v) is 9.58. The van der Waals surface area contributed by atoms with Crippen LogP contribution in [-0.4, -0.2) is 31.9 Å². The van der Waals surface area contributed by atoms with E-state index in [1.54, 1.807) is 17.1 Å². The normalized spacial score (nSPS) is 21.4. The Balaban J connectivity index is 0.00000280. The number of carbonyl (C=O) groups is 1. The molecule has 1 fully saturated rings. The number of hydrogen-bond donors (Lipinski definition) is 3.